The molecular formula is C16H20N2O3. The lowest BCUT2D eigenvalue weighted by atomic mass is 9.98. The number of nitrogens with zero attached hydrogens (tertiary/aromatic N) is 2. The van der Waals surface area contributed by atoms with Gasteiger partial charge in [-0.3, -0.25) is 9.59 Å². The molecule has 1 amide bonds. The number of amides is 1. The topological polar surface area (TPSA) is 60.9 Å². The third-order valence-corrected chi connectivity index (χ3v) is 4.43. The smallest absolute Gasteiger partial charge is 0.308 e. The van der Waals surface area contributed by atoms with Crippen molar-refractivity contribution in [2.24, 2.45) is 5.92 Å². The summed E-state index contributed by atoms with van der Waals surface area (Å²) in [6.07, 6.45) is 2.42. The molecule has 0 bridgehead atoms. The summed E-state index contributed by atoms with van der Waals surface area (Å²) in [5, 5.41) is 9.10. The van der Waals surface area contributed by atoms with Crippen LogP contribution >= 0.6 is 0 Å². The van der Waals surface area contributed by atoms with Gasteiger partial charge in [-0.25, -0.2) is 0 Å². The molecule has 112 valence electrons. The van der Waals surface area contributed by atoms with E-state index < -0.39 is 11.9 Å². The van der Waals surface area contributed by atoms with Gasteiger partial charge in [0.2, 0.25) is 5.91 Å². The Hall–Kier alpha value is -2.04. The highest BCUT2D eigenvalue weighted by Gasteiger charge is 2.29. The molecule has 0 spiro atoms. The average Bonchev–Trinajstić information content (AvgIpc) is 2.91. The zero-order chi connectivity index (χ0) is 14.8. The van der Waals surface area contributed by atoms with E-state index in [1.165, 1.54) is 5.56 Å². The third-order valence-electron chi connectivity index (χ3n) is 4.43. The maximum atomic E-state index is 12.4. The Labute approximate surface area is 124 Å². The van der Waals surface area contributed by atoms with E-state index in [-0.39, 0.29) is 5.91 Å². The van der Waals surface area contributed by atoms with Gasteiger partial charge >= 0.3 is 5.97 Å². The number of rotatable bonds is 3. The summed E-state index contributed by atoms with van der Waals surface area (Å²) in [6, 6.07) is 8.16. The minimum atomic E-state index is -0.793. The molecule has 1 N–H and O–H groups in total. The fourth-order valence-corrected chi connectivity index (χ4v) is 3.24. The zero-order valence-electron chi connectivity index (χ0n) is 12.0. The predicted octanol–water partition coefficient (Wildman–Crippen LogP) is 1.37. The van der Waals surface area contributed by atoms with Gasteiger partial charge < -0.3 is 14.9 Å². The molecule has 5 heteroatoms. The molecule has 3 rings (SSSR count). The molecule has 2 aliphatic heterocycles. The number of piperidine rings is 1. The lowest BCUT2D eigenvalue weighted by molar-refractivity contribution is -0.145. The first-order chi connectivity index (χ1) is 10.1. The van der Waals surface area contributed by atoms with Gasteiger partial charge in [-0.2, -0.15) is 0 Å². The van der Waals surface area contributed by atoms with E-state index in [9.17, 15) is 9.59 Å². The van der Waals surface area contributed by atoms with E-state index in [0.29, 0.717) is 26.1 Å². The van der Waals surface area contributed by atoms with Crippen molar-refractivity contribution in [3.8, 4) is 0 Å². The molecule has 0 saturated carbocycles. The molecule has 2 aliphatic rings. The molecular weight excluding hydrogens is 268 g/mol. The number of carbonyl (C=O) groups excluding carboxylic acids is 1. The van der Waals surface area contributed by atoms with Crippen LogP contribution in [0.3, 0.4) is 0 Å². The minimum absolute atomic E-state index is 0.0395. The van der Waals surface area contributed by atoms with Crippen LogP contribution in [0.1, 0.15) is 18.4 Å². The van der Waals surface area contributed by atoms with Crippen LogP contribution in [0.4, 0.5) is 5.69 Å². The standard InChI is InChI=1S/C16H20N2O3/c19-15(18-8-3-5-13(10-18)16(20)21)11-17-9-7-12-4-1-2-6-14(12)17/h1-2,4,6,13H,3,5,7-11H2,(H,20,21)/t13-/m0/s1. The number of carboxylic acid groups (broad SMARTS) is 1. The highest BCUT2D eigenvalue weighted by molar-refractivity contribution is 5.83. The molecule has 5 nitrogen and oxygen atoms in total. The molecule has 1 fully saturated rings. The van der Waals surface area contributed by atoms with Crippen molar-refractivity contribution >= 4 is 17.6 Å². The van der Waals surface area contributed by atoms with Crippen LogP contribution in [0.2, 0.25) is 0 Å². The van der Waals surface area contributed by atoms with Gasteiger partial charge in [-0.15, -0.1) is 0 Å². The Bertz CT molecular complexity index is 558. The third kappa shape index (κ3) is 2.86. The molecule has 0 radical (unpaired) electrons. The number of para-hydroxylation sites is 1. The number of hydrogen-bond acceptors (Lipinski definition) is 3. The first-order valence-electron chi connectivity index (χ1n) is 7.48. The molecule has 1 saturated heterocycles. The van der Waals surface area contributed by atoms with Crippen molar-refractivity contribution in [1.82, 2.24) is 4.90 Å². The monoisotopic (exact) mass is 288 g/mol. The molecule has 1 aromatic rings. The van der Waals surface area contributed by atoms with E-state index in [1.807, 2.05) is 18.2 Å². The number of aliphatic carboxylic acids is 1. The van der Waals surface area contributed by atoms with Crippen molar-refractivity contribution in [2.45, 2.75) is 19.3 Å². The maximum absolute atomic E-state index is 12.4. The molecule has 0 unspecified atom stereocenters. The van der Waals surface area contributed by atoms with Crippen molar-refractivity contribution in [1.29, 1.82) is 0 Å². The number of anilines is 1. The molecule has 2 heterocycles. The predicted molar refractivity (Wildman–Crippen MR) is 79.3 cm³/mol. The van der Waals surface area contributed by atoms with Crippen LogP contribution in [-0.4, -0.2) is 48.1 Å². The Morgan fingerprint density at radius 2 is 2.05 bits per heavy atom. The molecule has 0 aromatic heterocycles. The van der Waals surface area contributed by atoms with Crippen LogP contribution in [0.5, 0.6) is 0 Å². The van der Waals surface area contributed by atoms with E-state index >= 15 is 0 Å². The number of carbonyl (C=O) groups is 2. The van der Waals surface area contributed by atoms with Crippen molar-refractivity contribution in [2.75, 3.05) is 31.1 Å². The number of carboxylic acids is 1. The first-order valence-corrected chi connectivity index (χ1v) is 7.48. The van der Waals surface area contributed by atoms with E-state index in [1.54, 1.807) is 4.90 Å². The van der Waals surface area contributed by atoms with E-state index in [4.69, 9.17) is 5.11 Å². The lowest BCUT2D eigenvalue weighted by Crippen LogP contribution is -2.46. The summed E-state index contributed by atoms with van der Waals surface area (Å²) in [7, 11) is 0. The molecule has 1 aromatic carbocycles. The van der Waals surface area contributed by atoms with Gasteiger partial charge in [0.1, 0.15) is 0 Å². The van der Waals surface area contributed by atoms with Crippen LogP contribution in [-0.2, 0) is 16.0 Å². The van der Waals surface area contributed by atoms with Gasteiger partial charge in [-0.1, -0.05) is 18.2 Å². The summed E-state index contributed by atoms with van der Waals surface area (Å²) in [5.41, 5.74) is 2.42. The fraction of sp³-hybridized carbons (Fsp3) is 0.500. The van der Waals surface area contributed by atoms with Crippen molar-refractivity contribution in [3.63, 3.8) is 0 Å². The van der Waals surface area contributed by atoms with Gasteiger partial charge in [0.05, 0.1) is 12.5 Å². The van der Waals surface area contributed by atoms with Gasteiger partial charge in [-0.05, 0) is 30.9 Å². The second-order valence-electron chi connectivity index (χ2n) is 5.82. The highest BCUT2D eigenvalue weighted by Crippen LogP contribution is 2.27. The fourth-order valence-electron chi connectivity index (χ4n) is 3.24. The summed E-state index contributed by atoms with van der Waals surface area (Å²) in [5.74, 6) is -1.16. The summed E-state index contributed by atoms with van der Waals surface area (Å²) >= 11 is 0. The number of fused-ring (bicyclic) bond motifs is 1. The zero-order valence-corrected chi connectivity index (χ0v) is 12.0. The SMILES string of the molecule is O=C(O)[C@H]1CCCN(C(=O)CN2CCc3ccccc32)C1. The lowest BCUT2D eigenvalue weighted by Gasteiger charge is -2.32. The highest BCUT2D eigenvalue weighted by atomic mass is 16.4. The van der Waals surface area contributed by atoms with Crippen molar-refractivity contribution < 1.29 is 14.7 Å². The Kier molecular flexibility index (Phi) is 3.82. The summed E-state index contributed by atoms with van der Waals surface area (Å²) < 4.78 is 0. The van der Waals surface area contributed by atoms with Crippen LogP contribution < -0.4 is 4.90 Å². The van der Waals surface area contributed by atoms with Gasteiger partial charge in [0.15, 0.2) is 0 Å². The second kappa shape index (κ2) is 5.76. The van der Waals surface area contributed by atoms with Crippen LogP contribution in [0.15, 0.2) is 24.3 Å². The van der Waals surface area contributed by atoms with Gasteiger partial charge in [0.25, 0.3) is 0 Å². The Morgan fingerprint density at radius 3 is 2.86 bits per heavy atom. The number of hydrogen-bond donors (Lipinski definition) is 1. The summed E-state index contributed by atoms with van der Waals surface area (Å²) in [6.45, 7) is 2.24. The molecule has 21 heavy (non-hydrogen) atoms. The Balaban J connectivity index is 1.63. The van der Waals surface area contributed by atoms with Crippen LogP contribution in [0.25, 0.3) is 0 Å². The summed E-state index contributed by atoms with van der Waals surface area (Å²) in [4.78, 5) is 27.3. The molecule has 1 atom stereocenters. The quantitative estimate of drug-likeness (QED) is 0.912. The van der Waals surface area contributed by atoms with E-state index in [0.717, 1.165) is 25.1 Å². The normalized spacial score (nSPS) is 21.2. The average molecular weight is 288 g/mol. The second-order valence-corrected chi connectivity index (χ2v) is 5.82. The van der Waals surface area contributed by atoms with Crippen molar-refractivity contribution in [3.05, 3.63) is 29.8 Å². The maximum Gasteiger partial charge on any atom is 0.308 e. The van der Waals surface area contributed by atoms with Gasteiger partial charge in [0, 0.05) is 25.3 Å². The number of likely N-dealkylation sites (tertiary alicyclic amines) is 1. The van der Waals surface area contributed by atoms with Crippen LogP contribution in [0, 0.1) is 5.92 Å². The largest absolute Gasteiger partial charge is 0.481 e. The first kappa shape index (κ1) is 13.9. The minimum Gasteiger partial charge on any atom is -0.481 e. The van der Waals surface area contributed by atoms with E-state index in [2.05, 4.69) is 11.0 Å². The number of benzene rings is 1. The Morgan fingerprint density at radius 1 is 1.24 bits per heavy atom. The molecule has 0 aliphatic carbocycles.